The van der Waals surface area contributed by atoms with Crippen molar-refractivity contribution in [2.45, 2.75) is 45.6 Å². The van der Waals surface area contributed by atoms with Gasteiger partial charge < -0.3 is 0 Å². The first-order chi connectivity index (χ1) is 8.94. The van der Waals surface area contributed by atoms with E-state index in [1.807, 2.05) is 0 Å². The van der Waals surface area contributed by atoms with Gasteiger partial charge in [0.15, 0.2) is 0 Å². The number of nitrogens with one attached hydrogen (secondary N) is 1. The summed E-state index contributed by atoms with van der Waals surface area (Å²) in [7, 11) is 0. The van der Waals surface area contributed by atoms with Crippen molar-refractivity contribution < 1.29 is 4.39 Å². The third kappa shape index (κ3) is 3.28. The van der Waals surface area contributed by atoms with Gasteiger partial charge in [0.2, 0.25) is 0 Å². The first kappa shape index (κ1) is 14.8. The Bertz CT molecular complexity index is 448. The second-order valence-corrected chi connectivity index (χ2v) is 6.62. The van der Waals surface area contributed by atoms with Crippen LogP contribution < -0.4 is 11.3 Å². The summed E-state index contributed by atoms with van der Waals surface area (Å²) in [6.45, 7) is 4.60. The van der Waals surface area contributed by atoms with Crippen LogP contribution in [-0.2, 0) is 6.42 Å². The van der Waals surface area contributed by atoms with Crippen molar-refractivity contribution in [2.24, 2.45) is 17.2 Å². The predicted octanol–water partition coefficient (Wildman–Crippen LogP) is 3.68. The van der Waals surface area contributed by atoms with Crippen molar-refractivity contribution in [3.8, 4) is 0 Å². The Balaban J connectivity index is 2.12. The Morgan fingerprint density at radius 3 is 2.79 bits per heavy atom. The van der Waals surface area contributed by atoms with Crippen LogP contribution in [0.15, 0.2) is 18.2 Å². The summed E-state index contributed by atoms with van der Waals surface area (Å²) in [5.41, 5.74) is 4.28. The highest BCUT2D eigenvalue weighted by Crippen LogP contribution is 2.44. The third-order valence-corrected chi connectivity index (χ3v) is 4.77. The van der Waals surface area contributed by atoms with Gasteiger partial charge in [-0.05, 0) is 48.3 Å². The van der Waals surface area contributed by atoms with Gasteiger partial charge in [0, 0.05) is 6.04 Å². The van der Waals surface area contributed by atoms with Gasteiger partial charge in [0.1, 0.15) is 5.82 Å². The van der Waals surface area contributed by atoms with E-state index in [4.69, 9.17) is 17.4 Å². The molecule has 1 fully saturated rings. The highest BCUT2D eigenvalue weighted by atomic mass is 35.5. The zero-order valence-electron chi connectivity index (χ0n) is 11.5. The molecule has 1 aliphatic rings. The van der Waals surface area contributed by atoms with E-state index >= 15 is 0 Å². The zero-order valence-corrected chi connectivity index (χ0v) is 12.3. The number of hydrogen-bond acceptors (Lipinski definition) is 2. The molecule has 3 N–H and O–H groups in total. The summed E-state index contributed by atoms with van der Waals surface area (Å²) in [6.07, 6.45) is 4.46. The summed E-state index contributed by atoms with van der Waals surface area (Å²) < 4.78 is 13.2. The summed E-state index contributed by atoms with van der Waals surface area (Å²) in [4.78, 5) is 0. The maximum atomic E-state index is 13.2. The quantitative estimate of drug-likeness (QED) is 0.654. The Morgan fingerprint density at radius 1 is 1.53 bits per heavy atom. The van der Waals surface area contributed by atoms with Gasteiger partial charge >= 0.3 is 0 Å². The predicted molar refractivity (Wildman–Crippen MR) is 77.3 cm³/mol. The van der Waals surface area contributed by atoms with E-state index in [1.165, 1.54) is 25.3 Å². The molecule has 0 bridgehead atoms. The fraction of sp³-hybridized carbons (Fsp3) is 0.600. The van der Waals surface area contributed by atoms with E-state index in [0.717, 1.165) is 12.0 Å². The van der Waals surface area contributed by atoms with E-state index in [0.29, 0.717) is 11.3 Å². The lowest BCUT2D eigenvalue weighted by Crippen LogP contribution is -2.45. The molecular formula is C15H22ClFN2. The lowest BCUT2D eigenvalue weighted by Gasteiger charge is -2.34. The van der Waals surface area contributed by atoms with Crippen molar-refractivity contribution in [2.75, 3.05) is 0 Å². The fourth-order valence-corrected chi connectivity index (χ4v) is 3.54. The SMILES string of the molecule is CC1(C)CCCC1C(Cc1ccc(F)c(Cl)c1)NN. The molecule has 0 spiro atoms. The molecule has 1 aliphatic carbocycles. The van der Waals surface area contributed by atoms with Crippen LogP contribution in [0, 0.1) is 17.2 Å². The molecule has 19 heavy (non-hydrogen) atoms. The molecule has 1 aromatic carbocycles. The summed E-state index contributed by atoms with van der Waals surface area (Å²) in [5, 5.41) is 0.180. The molecule has 106 valence electrons. The van der Waals surface area contributed by atoms with Crippen molar-refractivity contribution in [3.05, 3.63) is 34.6 Å². The lowest BCUT2D eigenvalue weighted by molar-refractivity contribution is 0.196. The highest BCUT2D eigenvalue weighted by Gasteiger charge is 2.39. The summed E-state index contributed by atoms with van der Waals surface area (Å²) in [6, 6.07) is 5.11. The summed E-state index contributed by atoms with van der Waals surface area (Å²) in [5.74, 6) is 5.90. The van der Waals surface area contributed by atoms with Gasteiger partial charge in [-0.3, -0.25) is 11.3 Å². The number of hydrazine groups is 1. The second kappa shape index (κ2) is 5.78. The van der Waals surface area contributed by atoms with E-state index in [2.05, 4.69) is 19.3 Å². The molecule has 1 saturated carbocycles. The fourth-order valence-electron chi connectivity index (χ4n) is 3.34. The molecule has 0 radical (unpaired) electrons. The Morgan fingerprint density at radius 2 is 2.26 bits per heavy atom. The normalized spacial score (nSPS) is 23.5. The minimum Gasteiger partial charge on any atom is -0.271 e. The van der Waals surface area contributed by atoms with E-state index in [9.17, 15) is 4.39 Å². The van der Waals surface area contributed by atoms with Crippen LogP contribution in [0.2, 0.25) is 5.02 Å². The smallest absolute Gasteiger partial charge is 0.141 e. The Hall–Kier alpha value is -0.640. The first-order valence-electron chi connectivity index (χ1n) is 6.84. The molecule has 0 heterocycles. The molecule has 0 aromatic heterocycles. The maximum absolute atomic E-state index is 13.2. The molecule has 2 rings (SSSR count). The molecule has 0 aliphatic heterocycles. The van der Waals surface area contributed by atoms with Gasteiger partial charge in [0.25, 0.3) is 0 Å². The van der Waals surface area contributed by atoms with Gasteiger partial charge in [-0.15, -0.1) is 0 Å². The monoisotopic (exact) mass is 284 g/mol. The molecule has 2 unspecified atom stereocenters. The molecular weight excluding hydrogens is 263 g/mol. The number of hydrogen-bond donors (Lipinski definition) is 2. The van der Waals surface area contributed by atoms with Crippen molar-refractivity contribution >= 4 is 11.6 Å². The highest BCUT2D eigenvalue weighted by molar-refractivity contribution is 6.30. The number of benzene rings is 1. The number of rotatable bonds is 4. The topological polar surface area (TPSA) is 38.0 Å². The van der Waals surface area contributed by atoms with Crippen LogP contribution >= 0.6 is 11.6 Å². The molecule has 2 atom stereocenters. The zero-order chi connectivity index (χ0) is 14.0. The van der Waals surface area contributed by atoms with Crippen molar-refractivity contribution in [1.82, 2.24) is 5.43 Å². The second-order valence-electron chi connectivity index (χ2n) is 6.21. The minimum absolute atomic E-state index is 0.180. The average Bonchev–Trinajstić information content (AvgIpc) is 2.70. The average molecular weight is 285 g/mol. The Labute approximate surface area is 119 Å². The molecule has 0 amide bonds. The van der Waals surface area contributed by atoms with E-state index in [-0.39, 0.29) is 16.9 Å². The van der Waals surface area contributed by atoms with Crippen LogP contribution in [0.4, 0.5) is 4.39 Å². The van der Waals surface area contributed by atoms with Crippen LogP contribution in [0.5, 0.6) is 0 Å². The van der Waals surface area contributed by atoms with Gasteiger partial charge in [-0.2, -0.15) is 0 Å². The number of halogens is 2. The standard InChI is InChI=1S/C15H22ClFN2/c1-15(2)7-3-4-11(15)14(19-18)9-10-5-6-13(17)12(16)8-10/h5-6,8,11,14,19H,3-4,7,9,18H2,1-2H3. The largest absolute Gasteiger partial charge is 0.271 e. The molecule has 4 heteroatoms. The van der Waals surface area contributed by atoms with Crippen LogP contribution in [-0.4, -0.2) is 6.04 Å². The first-order valence-corrected chi connectivity index (χ1v) is 7.22. The van der Waals surface area contributed by atoms with Crippen molar-refractivity contribution in [1.29, 1.82) is 0 Å². The van der Waals surface area contributed by atoms with Crippen molar-refractivity contribution in [3.63, 3.8) is 0 Å². The van der Waals surface area contributed by atoms with E-state index in [1.54, 1.807) is 12.1 Å². The van der Waals surface area contributed by atoms with Crippen LogP contribution in [0.25, 0.3) is 0 Å². The van der Waals surface area contributed by atoms with Gasteiger partial charge in [-0.1, -0.05) is 37.9 Å². The van der Waals surface area contributed by atoms with E-state index < -0.39 is 0 Å². The maximum Gasteiger partial charge on any atom is 0.141 e. The molecule has 1 aromatic rings. The summed E-state index contributed by atoms with van der Waals surface area (Å²) >= 11 is 5.83. The van der Waals surface area contributed by atoms with Crippen LogP contribution in [0.3, 0.4) is 0 Å². The number of nitrogens with two attached hydrogens (primary N) is 1. The van der Waals surface area contributed by atoms with Gasteiger partial charge in [-0.25, -0.2) is 4.39 Å². The van der Waals surface area contributed by atoms with Gasteiger partial charge in [0.05, 0.1) is 5.02 Å². The Kier molecular flexibility index (Phi) is 4.49. The minimum atomic E-state index is -0.371. The van der Waals surface area contributed by atoms with Crippen LogP contribution in [0.1, 0.15) is 38.7 Å². The molecule has 0 saturated heterocycles. The lowest BCUT2D eigenvalue weighted by atomic mass is 9.76. The molecule has 2 nitrogen and oxygen atoms in total. The third-order valence-electron chi connectivity index (χ3n) is 4.48.